The predicted molar refractivity (Wildman–Crippen MR) is 107 cm³/mol. The molecule has 2 aromatic rings. The lowest BCUT2D eigenvalue weighted by molar-refractivity contribution is -0.134. The SMILES string of the molecule is CCCN(Cc1nnc(-c2cccs2)o1)C(=O)CN(CC)C1CCCCC1. The van der Waals surface area contributed by atoms with Crippen molar-refractivity contribution >= 4 is 17.2 Å². The number of amides is 1. The molecular formula is C20H30N4O2S. The third-order valence-corrected chi connectivity index (χ3v) is 6.06. The number of carbonyl (C=O) groups is 1. The normalized spacial score (nSPS) is 15.4. The lowest BCUT2D eigenvalue weighted by atomic mass is 9.94. The molecule has 1 saturated carbocycles. The fraction of sp³-hybridized carbons (Fsp3) is 0.650. The molecule has 7 heteroatoms. The minimum atomic E-state index is 0.153. The minimum absolute atomic E-state index is 0.153. The molecule has 0 spiro atoms. The van der Waals surface area contributed by atoms with Gasteiger partial charge in [0.05, 0.1) is 18.0 Å². The van der Waals surface area contributed by atoms with Crippen LogP contribution in [0.4, 0.5) is 0 Å². The number of hydrogen-bond donors (Lipinski definition) is 0. The minimum Gasteiger partial charge on any atom is -0.418 e. The van der Waals surface area contributed by atoms with Crippen LogP contribution in [-0.2, 0) is 11.3 Å². The number of rotatable bonds is 9. The highest BCUT2D eigenvalue weighted by Gasteiger charge is 2.25. The number of thiophene rings is 1. The van der Waals surface area contributed by atoms with Crippen molar-refractivity contribution in [3.05, 3.63) is 23.4 Å². The number of aromatic nitrogens is 2. The second-order valence-corrected chi connectivity index (χ2v) is 8.10. The van der Waals surface area contributed by atoms with Gasteiger partial charge in [0.2, 0.25) is 11.8 Å². The zero-order valence-corrected chi connectivity index (χ0v) is 17.2. The lowest BCUT2D eigenvalue weighted by Gasteiger charge is -2.34. The van der Waals surface area contributed by atoms with Crippen LogP contribution < -0.4 is 0 Å². The summed E-state index contributed by atoms with van der Waals surface area (Å²) in [6.07, 6.45) is 7.22. The van der Waals surface area contributed by atoms with Crippen molar-refractivity contribution in [1.82, 2.24) is 20.0 Å². The smallest absolute Gasteiger partial charge is 0.257 e. The monoisotopic (exact) mass is 390 g/mol. The molecule has 0 bridgehead atoms. The van der Waals surface area contributed by atoms with E-state index in [2.05, 4.69) is 28.9 Å². The van der Waals surface area contributed by atoms with Crippen molar-refractivity contribution in [2.24, 2.45) is 0 Å². The van der Waals surface area contributed by atoms with Gasteiger partial charge in [0.1, 0.15) is 0 Å². The highest BCUT2D eigenvalue weighted by atomic mass is 32.1. The number of hydrogen-bond acceptors (Lipinski definition) is 6. The van der Waals surface area contributed by atoms with Crippen LogP contribution in [0.15, 0.2) is 21.9 Å². The van der Waals surface area contributed by atoms with E-state index in [4.69, 9.17) is 4.42 Å². The first kappa shape index (κ1) is 20.0. The predicted octanol–water partition coefficient (Wildman–Crippen LogP) is 4.19. The van der Waals surface area contributed by atoms with Crippen LogP contribution in [-0.4, -0.2) is 51.6 Å². The Morgan fingerprint density at radius 2 is 2.07 bits per heavy atom. The molecule has 0 aliphatic heterocycles. The molecule has 1 amide bonds. The van der Waals surface area contributed by atoms with E-state index >= 15 is 0 Å². The number of nitrogens with zero attached hydrogens (tertiary/aromatic N) is 4. The zero-order valence-electron chi connectivity index (χ0n) is 16.4. The second-order valence-electron chi connectivity index (χ2n) is 7.15. The van der Waals surface area contributed by atoms with E-state index in [1.54, 1.807) is 11.3 Å². The van der Waals surface area contributed by atoms with Crippen LogP contribution in [0, 0.1) is 0 Å². The summed E-state index contributed by atoms with van der Waals surface area (Å²) in [7, 11) is 0. The molecule has 2 heterocycles. The van der Waals surface area contributed by atoms with Crippen molar-refractivity contribution < 1.29 is 9.21 Å². The van der Waals surface area contributed by atoms with E-state index in [0.717, 1.165) is 17.8 Å². The molecule has 27 heavy (non-hydrogen) atoms. The fourth-order valence-electron chi connectivity index (χ4n) is 3.76. The summed E-state index contributed by atoms with van der Waals surface area (Å²) in [5.41, 5.74) is 0. The zero-order chi connectivity index (χ0) is 19.1. The topological polar surface area (TPSA) is 62.5 Å². The average molecular weight is 391 g/mol. The standard InChI is InChI=1S/C20H30N4O2S/c1-3-12-24(14-18-21-22-20(26-18)17-11-8-13-27-17)19(25)15-23(4-2)16-9-6-5-7-10-16/h8,11,13,16H,3-7,9-10,12,14-15H2,1-2H3. The molecule has 1 aliphatic carbocycles. The van der Waals surface area contributed by atoms with Crippen molar-refractivity contribution in [3.8, 4) is 10.8 Å². The van der Waals surface area contributed by atoms with Gasteiger partial charge in [-0.15, -0.1) is 21.5 Å². The summed E-state index contributed by atoms with van der Waals surface area (Å²) < 4.78 is 5.78. The molecule has 3 rings (SSSR count). The summed E-state index contributed by atoms with van der Waals surface area (Å²) in [6, 6.07) is 4.46. The van der Waals surface area contributed by atoms with E-state index in [1.165, 1.54) is 32.1 Å². The van der Waals surface area contributed by atoms with Gasteiger partial charge in [0.25, 0.3) is 5.89 Å². The Balaban J connectivity index is 1.62. The van der Waals surface area contributed by atoms with Gasteiger partial charge in [-0.2, -0.15) is 0 Å². The van der Waals surface area contributed by atoms with Crippen LogP contribution in [0.5, 0.6) is 0 Å². The summed E-state index contributed by atoms with van der Waals surface area (Å²) in [6.45, 7) is 6.72. The van der Waals surface area contributed by atoms with Crippen LogP contribution in [0.2, 0.25) is 0 Å². The Hall–Kier alpha value is -1.73. The summed E-state index contributed by atoms with van der Waals surface area (Å²) in [4.78, 5) is 18.1. The van der Waals surface area contributed by atoms with Crippen LogP contribution in [0.3, 0.4) is 0 Å². The maximum absolute atomic E-state index is 13.0. The number of carbonyl (C=O) groups excluding carboxylic acids is 1. The van der Waals surface area contributed by atoms with Crippen LogP contribution in [0.25, 0.3) is 10.8 Å². The van der Waals surface area contributed by atoms with Crippen molar-refractivity contribution in [2.75, 3.05) is 19.6 Å². The summed E-state index contributed by atoms with van der Waals surface area (Å²) in [5, 5.41) is 10.3. The molecule has 148 valence electrons. The largest absolute Gasteiger partial charge is 0.418 e. The lowest BCUT2D eigenvalue weighted by Crippen LogP contribution is -2.45. The van der Waals surface area contributed by atoms with E-state index < -0.39 is 0 Å². The molecule has 0 saturated heterocycles. The molecule has 6 nitrogen and oxygen atoms in total. The van der Waals surface area contributed by atoms with Gasteiger partial charge >= 0.3 is 0 Å². The van der Waals surface area contributed by atoms with E-state index in [9.17, 15) is 4.79 Å². The van der Waals surface area contributed by atoms with Gasteiger partial charge in [0.15, 0.2) is 0 Å². The Labute approximate surface area is 165 Å². The van der Waals surface area contributed by atoms with E-state index in [1.807, 2.05) is 22.4 Å². The van der Waals surface area contributed by atoms with Crippen LogP contribution in [0.1, 0.15) is 58.3 Å². The summed E-state index contributed by atoms with van der Waals surface area (Å²) >= 11 is 1.57. The van der Waals surface area contributed by atoms with Gasteiger partial charge < -0.3 is 9.32 Å². The average Bonchev–Trinajstić information content (AvgIpc) is 3.38. The maximum Gasteiger partial charge on any atom is 0.257 e. The Morgan fingerprint density at radius 3 is 2.74 bits per heavy atom. The Bertz CT molecular complexity index is 695. The molecule has 0 aromatic carbocycles. The molecule has 1 fully saturated rings. The van der Waals surface area contributed by atoms with Gasteiger partial charge in [-0.3, -0.25) is 9.69 Å². The maximum atomic E-state index is 13.0. The molecule has 0 N–H and O–H groups in total. The van der Waals surface area contributed by atoms with Gasteiger partial charge in [-0.1, -0.05) is 39.2 Å². The van der Waals surface area contributed by atoms with Gasteiger partial charge in [-0.25, -0.2) is 0 Å². The second kappa shape index (κ2) is 9.99. The quantitative estimate of drug-likeness (QED) is 0.642. The molecule has 0 radical (unpaired) electrons. The molecule has 0 atom stereocenters. The third kappa shape index (κ3) is 5.39. The third-order valence-electron chi connectivity index (χ3n) is 5.21. The highest BCUT2D eigenvalue weighted by molar-refractivity contribution is 7.13. The summed E-state index contributed by atoms with van der Waals surface area (Å²) in [5.74, 6) is 1.18. The van der Waals surface area contributed by atoms with E-state index in [0.29, 0.717) is 37.5 Å². The first-order valence-electron chi connectivity index (χ1n) is 10.1. The first-order valence-corrected chi connectivity index (χ1v) is 11.0. The molecule has 0 unspecified atom stereocenters. The van der Waals surface area contributed by atoms with Gasteiger partial charge in [-0.05, 0) is 37.3 Å². The molecule has 1 aliphatic rings. The number of likely N-dealkylation sites (N-methyl/N-ethyl adjacent to an activating group) is 1. The van der Waals surface area contributed by atoms with Crippen molar-refractivity contribution in [1.29, 1.82) is 0 Å². The molecular weight excluding hydrogens is 360 g/mol. The first-order chi connectivity index (χ1) is 13.2. The fourth-order valence-corrected chi connectivity index (χ4v) is 4.41. The van der Waals surface area contributed by atoms with Crippen LogP contribution >= 0.6 is 11.3 Å². The van der Waals surface area contributed by atoms with Crippen molar-refractivity contribution in [3.63, 3.8) is 0 Å². The molecule has 2 aromatic heterocycles. The van der Waals surface area contributed by atoms with Gasteiger partial charge in [0, 0.05) is 12.6 Å². The van der Waals surface area contributed by atoms with E-state index in [-0.39, 0.29) is 5.91 Å². The highest BCUT2D eigenvalue weighted by Crippen LogP contribution is 2.24. The van der Waals surface area contributed by atoms with Crippen molar-refractivity contribution in [2.45, 2.75) is 65.0 Å². The Kier molecular flexibility index (Phi) is 7.41. The Morgan fingerprint density at radius 1 is 1.26 bits per heavy atom.